The van der Waals surface area contributed by atoms with Gasteiger partial charge in [0.25, 0.3) is 0 Å². The fourth-order valence-corrected chi connectivity index (χ4v) is 6.03. The Balaban J connectivity index is 1.23. The quantitative estimate of drug-likeness (QED) is 0.854. The zero-order valence-corrected chi connectivity index (χ0v) is 17.1. The first-order valence-electron chi connectivity index (χ1n) is 10.7. The first-order chi connectivity index (χ1) is 13.8. The standard InChI is InChI=1S/C21H28N4O2S/c26-20(16-5-3-11-27-16)22-12-14-7-9-25(10-8-14)19-18-15-4-1-2-6-17(15)28-21(18)24-13-23-19/h13-14,16H,1-12H2,(H,22,26)/t16-/m1/s1. The van der Waals surface area contributed by atoms with Gasteiger partial charge in [-0.3, -0.25) is 4.79 Å². The Hall–Kier alpha value is -1.73. The Kier molecular flexibility index (Phi) is 5.20. The van der Waals surface area contributed by atoms with Crippen LogP contribution in [0.15, 0.2) is 6.33 Å². The predicted octanol–water partition coefficient (Wildman–Crippen LogP) is 3.08. The molecule has 1 atom stereocenters. The van der Waals surface area contributed by atoms with Gasteiger partial charge >= 0.3 is 0 Å². The fourth-order valence-electron chi connectivity index (χ4n) is 4.81. The van der Waals surface area contributed by atoms with Gasteiger partial charge in [-0.1, -0.05) is 0 Å². The van der Waals surface area contributed by atoms with E-state index < -0.39 is 0 Å². The molecule has 2 aromatic heterocycles. The van der Waals surface area contributed by atoms with E-state index in [9.17, 15) is 4.79 Å². The highest BCUT2D eigenvalue weighted by molar-refractivity contribution is 7.19. The molecule has 28 heavy (non-hydrogen) atoms. The fraction of sp³-hybridized carbons (Fsp3) is 0.667. The van der Waals surface area contributed by atoms with Crippen molar-refractivity contribution in [3.63, 3.8) is 0 Å². The summed E-state index contributed by atoms with van der Waals surface area (Å²) in [5, 5.41) is 4.42. The van der Waals surface area contributed by atoms with Crippen LogP contribution in [0.25, 0.3) is 10.2 Å². The van der Waals surface area contributed by atoms with Gasteiger partial charge in [-0.05, 0) is 62.8 Å². The van der Waals surface area contributed by atoms with Crippen molar-refractivity contribution in [1.29, 1.82) is 0 Å². The van der Waals surface area contributed by atoms with Crippen LogP contribution >= 0.6 is 11.3 Å². The largest absolute Gasteiger partial charge is 0.368 e. The summed E-state index contributed by atoms with van der Waals surface area (Å²) in [4.78, 5) is 26.5. The number of fused-ring (bicyclic) bond motifs is 3. The molecule has 4 heterocycles. The van der Waals surface area contributed by atoms with E-state index in [1.807, 2.05) is 11.3 Å². The number of carbonyl (C=O) groups excluding carboxylic acids is 1. The number of hydrogen-bond donors (Lipinski definition) is 1. The van der Waals surface area contributed by atoms with Crippen molar-refractivity contribution in [1.82, 2.24) is 15.3 Å². The van der Waals surface area contributed by atoms with Crippen LogP contribution in [0.2, 0.25) is 0 Å². The zero-order valence-electron chi connectivity index (χ0n) is 16.3. The van der Waals surface area contributed by atoms with Crippen molar-refractivity contribution in [2.24, 2.45) is 5.92 Å². The molecular formula is C21H28N4O2S. The molecule has 0 aromatic carbocycles. The van der Waals surface area contributed by atoms with Gasteiger partial charge in [-0.2, -0.15) is 0 Å². The molecule has 7 heteroatoms. The molecule has 0 unspecified atom stereocenters. The molecule has 0 bridgehead atoms. The molecular weight excluding hydrogens is 372 g/mol. The third kappa shape index (κ3) is 3.50. The second-order valence-corrected chi connectivity index (χ2v) is 9.35. The Morgan fingerprint density at radius 1 is 1.18 bits per heavy atom. The van der Waals surface area contributed by atoms with Crippen LogP contribution in [-0.2, 0) is 22.4 Å². The highest BCUT2D eigenvalue weighted by Crippen LogP contribution is 2.39. The molecule has 1 amide bonds. The van der Waals surface area contributed by atoms with E-state index in [1.165, 1.54) is 41.5 Å². The maximum absolute atomic E-state index is 12.2. The zero-order chi connectivity index (χ0) is 18.9. The molecule has 150 valence electrons. The molecule has 2 aromatic rings. The minimum Gasteiger partial charge on any atom is -0.368 e. The number of nitrogens with one attached hydrogen (secondary N) is 1. The number of aromatic nitrogens is 2. The van der Waals surface area contributed by atoms with Crippen LogP contribution < -0.4 is 10.2 Å². The molecule has 2 fully saturated rings. The molecule has 6 nitrogen and oxygen atoms in total. The molecule has 2 saturated heterocycles. The topological polar surface area (TPSA) is 67.4 Å². The summed E-state index contributed by atoms with van der Waals surface area (Å²) >= 11 is 1.86. The number of rotatable bonds is 4. The maximum Gasteiger partial charge on any atom is 0.249 e. The molecule has 3 aliphatic rings. The van der Waals surface area contributed by atoms with Gasteiger partial charge in [0.2, 0.25) is 5.91 Å². The Bertz CT molecular complexity index is 853. The van der Waals surface area contributed by atoms with Crippen molar-refractivity contribution in [2.75, 3.05) is 31.1 Å². The predicted molar refractivity (Wildman–Crippen MR) is 111 cm³/mol. The monoisotopic (exact) mass is 400 g/mol. The van der Waals surface area contributed by atoms with Gasteiger partial charge in [-0.15, -0.1) is 11.3 Å². The Labute approximate surface area is 169 Å². The first kappa shape index (κ1) is 18.3. The molecule has 0 spiro atoms. The van der Waals surface area contributed by atoms with E-state index in [2.05, 4.69) is 15.2 Å². The molecule has 2 aliphatic heterocycles. The SMILES string of the molecule is O=C(NCC1CCN(c2ncnc3sc4c(c23)CCCC4)CC1)[C@H]1CCCO1. The number of thiophene rings is 1. The number of nitrogens with zero attached hydrogens (tertiary/aromatic N) is 3. The first-order valence-corrected chi connectivity index (χ1v) is 11.5. The Morgan fingerprint density at radius 3 is 2.86 bits per heavy atom. The second kappa shape index (κ2) is 7.95. The highest BCUT2D eigenvalue weighted by Gasteiger charge is 2.27. The summed E-state index contributed by atoms with van der Waals surface area (Å²) in [6, 6.07) is 0. The molecule has 5 rings (SSSR count). The lowest BCUT2D eigenvalue weighted by atomic mass is 9.95. The summed E-state index contributed by atoms with van der Waals surface area (Å²) in [7, 11) is 0. The summed E-state index contributed by atoms with van der Waals surface area (Å²) in [6.07, 6.45) is 10.5. The van der Waals surface area contributed by atoms with E-state index in [0.717, 1.165) is 62.6 Å². The van der Waals surface area contributed by atoms with Gasteiger partial charge in [-0.25, -0.2) is 9.97 Å². The molecule has 1 aliphatic carbocycles. The minimum absolute atomic E-state index is 0.0716. The number of ether oxygens (including phenoxy) is 1. The van der Waals surface area contributed by atoms with Crippen LogP contribution in [0.1, 0.15) is 49.0 Å². The Morgan fingerprint density at radius 2 is 2.04 bits per heavy atom. The summed E-state index contributed by atoms with van der Waals surface area (Å²) in [6.45, 7) is 3.48. The van der Waals surface area contributed by atoms with Crippen molar-refractivity contribution in [3.8, 4) is 0 Å². The molecule has 0 saturated carbocycles. The van der Waals surface area contributed by atoms with E-state index in [0.29, 0.717) is 5.92 Å². The number of carbonyl (C=O) groups is 1. The summed E-state index contributed by atoms with van der Waals surface area (Å²) in [5.74, 6) is 1.74. The third-order valence-corrected chi connectivity index (χ3v) is 7.63. The minimum atomic E-state index is -0.223. The van der Waals surface area contributed by atoms with Crippen LogP contribution in [0, 0.1) is 5.92 Å². The third-order valence-electron chi connectivity index (χ3n) is 6.43. The van der Waals surface area contributed by atoms with Gasteiger partial charge in [0.05, 0.1) is 5.39 Å². The normalized spacial score (nSPS) is 23.1. The van der Waals surface area contributed by atoms with Crippen molar-refractivity contribution < 1.29 is 9.53 Å². The lowest BCUT2D eigenvalue weighted by Gasteiger charge is -2.33. The van der Waals surface area contributed by atoms with Crippen LogP contribution in [0.5, 0.6) is 0 Å². The van der Waals surface area contributed by atoms with E-state index in [-0.39, 0.29) is 12.0 Å². The molecule has 0 radical (unpaired) electrons. The average Bonchev–Trinajstić information content (AvgIpc) is 3.40. The van der Waals surface area contributed by atoms with E-state index >= 15 is 0 Å². The van der Waals surface area contributed by atoms with E-state index in [4.69, 9.17) is 9.72 Å². The van der Waals surface area contributed by atoms with E-state index in [1.54, 1.807) is 6.33 Å². The smallest absolute Gasteiger partial charge is 0.249 e. The maximum atomic E-state index is 12.2. The van der Waals surface area contributed by atoms with Gasteiger partial charge in [0.1, 0.15) is 23.1 Å². The van der Waals surface area contributed by atoms with Crippen LogP contribution in [-0.4, -0.2) is 48.2 Å². The number of amides is 1. The van der Waals surface area contributed by atoms with Gasteiger partial charge in [0, 0.05) is 31.1 Å². The lowest BCUT2D eigenvalue weighted by molar-refractivity contribution is -0.130. The summed E-state index contributed by atoms with van der Waals surface area (Å²) < 4.78 is 5.47. The van der Waals surface area contributed by atoms with Gasteiger partial charge in [0.15, 0.2) is 0 Å². The van der Waals surface area contributed by atoms with Crippen molar-refractivity contribution >= 4 is 33.3 Å². The number of anilines is 1. The van der Waals surface area contributed by atoms with Crippen molar-refractivity contribution in [3.05, 3.63) is 16.8 Å². The molecule has 1 N–H and O–H groups in total. The average molecular weight is 401 g/mol. The number of hydrogen-bond acceptors (Lipinski definition) is 6. The second-order valence-electron chi connectivity index (χ2n) is 8.27. The van der Waals surface area contributed by atoms with Crippen LogP contribution in [0.3, 0.4) is 0 Å². The lowest BCUT2D eigenvalue weighted by Crippen LogP contribution is -2.41. The summed E-state index contributed by atoms with van der Waals surface area (Å²) in [5.41, 5.74) is 1.51. The van der Waals surface area contributed by atoms with Crippen molar-refractivity contribution in [2.45, 2.75) is 57.5 Å². The highest BCUT2D eigenvalue weighted by atomic mass is 32.1. The number of aryl methyl sites for hydroxylation is 2. The van der Waals surface area contributed by atoms with Gasteiger partial charge < -0.3 is 15.0 Å². The number of piperidine rings is 1. The van der Waals surface area contributed by atoms with Crippen LogP contribution in [0.4, 0.5) is 5.82 Å².